The van der Waals surface area contributed by atoms with Crippen LogP contribution in [0.15, 0.2) is 97.1 Å². The summed E-state index contributed by atoms with van der Waals surface area (Å²) >= 11 is 0. The fourth-order valence-electron chi connectivity index (χ4n) is 7.24. The Kier molecular flexibility index (Phi) is 7.89. The maximum atomic E-state index is 14.2. The quantitative estimate of drug-likeness (QED) is 0.141. The highest BCUT2D eigenvalue weighted by molar-refractivity contribution is 6.25. The summed E-state index contributed by atoms with van der Waals surface area (Å²) in [6.07, 6.45) is 1.69. The molecule has 9 nitrogen and oxygen atoms in total. The lowest BCUT2D eigenvalue weighted by Crippen LogP contribution is -2.41. The number of benzene rings is 4. The number of carbonyl (C=O) groups is 5. The fraction of sp³-hybridized carbons (Fsp3) is 0.237. The van der Waals surface area contributed by atoms with Gasteiger partial charge in [0.05, 0.1) is 35.3 Å². The molecule has 236 valence electrons. The van der Waals surface area contributed by atoms with Crippen LogP contribution in [-0.2, 0) is 23.9 Å². The van der Waals surface area contributed by atoms with E-state index in [9.17, 15) is 24.0 Å². The molecule has 1 saturated heterocycles. The van der Waals surface area contributed by atoms with Crippen molar-refractivity contribution in [3.05, 3.63) is 130 Å². The molecule has 4 aliphatic rings. The summed E-state index contributed by atoms with van der Waals surface area (Å²) in [6.45, 7) is 1.74. The van der Waals surface area contributed by atoms with Gasteiger partial charge < -0.3 is 14.8 Å². The van der Waals surface area contributed by atoms with Crippen LogP contribution >= 0.6 is 0 Å². The van der Waals surface area contributed by atoms with Crippen LogP contribution in [0.2, 0.25) is 0 Å². The number of nitrogens with one attached hydrogen (secondary N) is 1. The second-order valence-electron chi connectivity index (χ2n) is 12.0. The molecular weight excluding hydrogens is 596 g/mol. The van der Waals surface area contributed by atoms with E-state index >= 15 is 0 Å². The van der Waals surface area contributed by atoms with Crippen LogP contribution in [0.5, 0.6) is 0 Å². The van der Waals surface area contributed by atoms with Gasteiger partial charge in [-0.2, -0.15) is 0 Å². The molecule has 2 bridgehead atoms. The molecule has 4 aromatic rings. The maximum absolute atomic E-state index is 14.2. The number of para-hydroxylation sites is 1. The van der Waals surface area contributed by atoms with Crippen LogP contribution in [0.3, 0.4) is 0 Å². The number of carbonyl (C=O) groups excluding carboxylic acids is 5. The summed E-state index contributed by atoms with van der Waals surface area (Å²) < 4.78 is 10.5. The van der Waals surface area contributed by atoms with E-state index in [-0.39, 0.29) is 34.9 Å². The second-order valence-corrected chi connectivity index (χ2v) is 12.0. The Morgan fingerprint density at radius 3 is 1.77 bits per heavy atom. The number of hydrogen-bond acceptors (Lipinski definition) is 7. The van der Waals surface area contributed by atoms with Crippen molar-refractivity contribution in [2.45, 2.75) is 31.6 Å². The zero-order chi connectivity index (χ0) is 32.7. The monoisotopic (exact) mass is 628 g/mol. The zero-order valence-electron chi connectivity index (χ0n) is 25.7. The van der Waals surface area contributed by atoms with Gasteiger partial charge >= 0.3 is 11.9 Å². The largest absolute Gasteiger partial charge is 0.462 e. The van der Waals surface area contributed by atoms with Crippen molar-refractivity contribution in [1.82, 2.24) is 0 Å². The first-order chi connectivity index (χ1) is 22.9. The minimum atomic E-state index is -0.842. The molecule has 0 aromatic heterocycles. The Labute approximate surface area is 271 Å². The van der Waals surface area contributed by atoms with E-state index in [0.717, 1.165) is 40.0 Å². The fourth-order valence-corrected chi connectivity index (χ4v) is 7.24. The van der Waals surface area contributed by atoms with Gasteiger partial charge in [0, 0.05) is 17.5 Å². The van der Waals surface area contributed by atoms with E-state index in [1.165, 1.54) is 18.2 Å². The third-order valence-electron chi connectivity index (χ3n) is 9.28. The number of esters is 2. The van der Waals surface area contributed by atoms with Gasteiger partial charge in [0.2, 0.25) is 11.8 Å². The highest BCUT2D eigenvalue weighted by atomic mass is 16.5. The van der Waals surface area contributed by atoms with Crippen molar-refractivity contribution in [2.24, 2.45) is 11.8 Å². The van der Waals surface area contributed by atoms with E-state index in [4.69, 9.17) is 9.47 Å². The molecule has 3 amide bonds. The molecule has 0 spiro atoms. The predicted molar refractivity (Wildman–Crippen MR) is 173 cm³/mol. The molecule has 1 heterocycles. The van der Waals surface area contributed by atoms with Crippen LogP contribution < -0.4 is 10.2 Å². The Hall–Kier alpha value is -5.57. The summed E-state index contributed by atoms with van der Waals surface area (Å²) in [5.74, 6) is -4.34. The van der Waals surface area contributed by atoms with Crippen molar-refractivity contribution in [2.75, 3.05) is 23.4 Å². The maximum Gasteiger partial charge on any atom is 0.340 e. The summed E-state index contributed by atoms with van der Waals surface area (Å²) in [4.78, 5) is 67.6. The standard InChI is InChI=1S/C38H32N2O7/c1-2-3-20-46-37(44)22-16-18-23(19-17-22)39-30(41)21-47-38(45)28-14-8-9-15-29(28)40-35(42)33-31-24-10-4-5-11-25(24)32(34(33)36(40)43)27-13-7-6-12-26(27)31/h4-19,31-34H,2-3,20-21H2,1H3,(H,39,41)/t31?,32?,33-,34-/m0/s1. The molecular formula is C38H32N2O7. The summed E-state index contributed by atoms with van der Waals surface area (Å²) in [5.41, 5.74) is 5.13. The van der Waals surface area contributed by atoms with Crippen LogP contribution in [0.4, 0.5) is 11.4 Å². The molecule has 2 atom stereocenters. The van der Waals surface area contributed by atoms with E-state index in [1.807, 2.05) is 55.5 Å². The lowest BCUT2D eigenvalue weighted by Gasteiger charge is -2.45. The Balaban J connectivity index is 1.07. The van der Waals surface area contributed by atoms with Crippen molar-refractivity contribution in [3.8, 4) is 0 Å². The van der Waals surface area contributed by atoms with E-state index in [1.54, 1.807) is 30.3 Å². The lowest BCUT2D eigenvalue weighted by atomic mass is 9.55. The van der Waals surface area contributed by atoms with Crippen LogP contribution in [-0.4, -0.2) is 42.9 Å². The number of nitrogens with zero attached hydrogens (tertiary/aromatic N) is 1. The first-order valence-corrected chi connectivity index (χ1v) is 15.8. The molecule has 1 N–H and O–H groups in total. The van der Waals surface area contributed by atoms with Crippen LogP contribution in [0.1, 0.15) is 74.6 Å². The number of unbranched alkanes of at least 4 members (excludes halogenated alkanes) is 1. The SMILES string of the molecule is CCCCOC(=O)c1ccc(NC(=O)COC(=O)c2ccccc2N2C(=O)[C@H]3C4c5ccccc5C(c5ccccc54)[C@@H]3C2=O)cc1. The lowest BCUT2D eigenvalue weighted by molar-refractivity contribution is -0.122. The van der Waals surface area contributed by atoms with Crippen molar-refractivity contribution in [1.29, 1.82) is 0 Å². The minimum Gasteiger partial charge on any atom is -0.462 e. The van der Waals surface area contributed by atoms with Crippen molar-refractivity contribution < 1.29 is 33.4 Å². The number of rotatable bonds is 9. The molecule has 1 aliphatic heterocycles. The van der Waals surface area contributed by atoms with E-state index < -0.39 is 36.3 Å². The number of ether oxygens (including phenoxy) is 2. The number of imide groups is 1. The smallest absolute Gasteiger partial charge is 0.340 e. The molecule has 47 heavy (non-hydrogen) atoms. The molecule has 1 fully saturated rings. The molecule has 3 aliphatic carbocycles. The first kappa shape index (κ1) is 30.1. The van der Waals surface area contributed by atoms with E-state index in [0.29, 0.717) is 17.9 Å². The van der Waals surface area contributed by atoms with Gasteiger partial charge in [0.25, 0.3) is 5.91 Å². The third-order valence-corrected chi connectivity index (χ3v) is 9.28. The highest BCUT2D eigenvalue weighted by Gasteiger charge is 2.62. The predicted octanol–water partition coefficient (Wildman–Crippen LogP) is 5.84. The van der Waals surface area contributed by atoms with Gasteiger partial charge in [-0.25, -0.2) is 14.5 Å². The van der Waals surface area contributed by atoms with Gasteiger partial charge in [-0.15, -0.1) is 0 Å². The molecule has 0 saturated carbocycles. The molecule has 0 radical (unpaired) electrons. The number of hydrogen-bond donors (Lipinski definition) is 1. The first-order valence-electron chi connectivity index (χ1n) is 15.8. The normalized spacial score (nSPS) is 20.2. The molecule has 9 heteroatoms. The zero-order valence-corrected chi connectivity index (χ0v) is 25.7. The third kappa shape index (κ3) is 5.17. The van der Waals surface area contributed by atoms with Crippen molar-refractivity contribution in [3.63, 3.8) is 0 Å². The van der Waals surface area contributed by atoms with Gasteiger partial charge in [0.1, 0.15) is 0 Å². The molecule has 8 rings (SSSR count). The van der Waals surface area contributed by atoms with Gasteiger partial charge in [-0.3, -0.25) is 14.4 Å². The average molecular weight is 629 g/mol. The Bertz CT molecular complexity index is 1800. The minimum absolute atomic E-state index is 0.00830. The summed E-state index contributed by atoms with van der Waals surface area (Å²) in [5, 5.41) is 2.63. The topological polar surface area (TPSA) is 119 Å². The Morgan fingerprint density at radius 2 is 1.21 bits per heavy atom. The summed E-state index contributed by atoms with van der Waals surface area (Å²) in [7, 11) is 0. The van der Waals surface area contributed by atoms with Crippen LogP contribution in [0.25, 0.3) is 0 Å². The number of amides is 3. The average Bonchev–Trinajstić information content (AvgIpc) is 3.37. The Morgan fingerprint density at radius 1 is 0.681 bits per heavy atom. The summed E-state index contributed by atoms with van der Waals surface area (Å²) in [6, 6.07) is 28.5. The highest BCUT2D eigenvalue weighted by Crippen LogP contribution is 2.61. The molecule has 0 unspecified atom stereocenters. The number of anilines is 2. The molecule has 4 aromatic carbocycles. The van der Waals surface area contributed by atoms with Gasteiger partial charge in [-0.1, -0.05) is 74.0 Å². The van der Waals surface area contributed by atoms with E-state index in [2.05, 4.69) is 5.32 Å². The van der Waals surface area contributed by atoms with Crippen LogP contribution in [0, 0.1) is 11.8 Å². The second kappa shape index (κ2) is 12.3. The van der Waals surface area contributed by atoms with Gasteiger partial charge in [-0.05, 0) is 65.1 Å². The van der Waals surface area contributed by atoms with Gasteiger partial charge in [0.15, 0.2) is 6.61 Å². The van der Waals surface area contributed by atoms with Crippen molar-refractivity contribution >= 4 is 41.0 Å².